The molecule has 2 aromatic rings. The Morgan fingerprint density at radius 3 is 2.72 bits per heavy atom. The Labute approximate surface area is 106 Å². The maximum atomic E-state index is 12.8. The van der Waals surface area contributed by atoms with Crippen LogP contribution in [0, 0.1) is 5.82 Å². The zero-order chi connectivity index (χ0) is 13.1. The molecule has 0 atom stereocenters. The molecule has 2 rings (SSSR count). The van der Waals surface area contributed by atoms with E-state index in [2.05, 4.69) is 15.5 Å². The smallest absolute Gasteiger partial charge is 0.276 e. The van der Waals surface area contributed by atoms with Crippen molar-refractivity contribution in [3.8, 4) is 0 Å². The molecule has 0 saturated carbocycles. The maximum absolute atomic E-state index is 12.8. The van der Waals surface area contributed by atoms with E-state index in [1.807, 2.05) is 0 Å². The Hall–Kier alpha value is -2.21. The van der Waals surface area contributed by atoms with Gasteiger partial charge in [0.05, 0.1) is 10.7 Å². The van der Waals surface area contributed by atoms with Gasteiger partial charge in [0.25, 0.3) is 11.5 Å². The first-order valence-corrected chi connectivity index (χ1v) is 5.26. The lowest BCUT2D eigenvalue weighted by atomic mass is 10.3. The molecule has 0 spiro atoms. The average Bonchev–Trinajstić information content (AvgIpc) is 2.33. The first-order chi connectivity index (χ1) is 8.56. The molecule has 7 heteroatoms. The quantitative estimate of drug-likeness (QED) is 0.871. The first kappa shape index (κ1) is 12.3. The van der Waals surface area contributed by atoms with E-state index in [4.69, 9.17) is 11.6 Å². The number of hydrogen-bond donors (Lipinski definition) is 2. The van der Waals surface area contributed by atoms with Gasteiger partial charge in [0.2, 0.25) is 0 Å². The van der Waals surface area contributed by atoms with E-state index < -0.39 is 17.3 Å². The highest BCUT2D eigenvalue weighted by Gasteiger charge is 2.10. The van der Waals surface area contributed by atoms with E-state index in [1.54, 1.807) is 0 Å². The van der Waals surface area contributed by atoms with Gasteiger partial charge < -0.3 is 5.32 Å². The molecule has 2 N–H and O–H groups in total. The molecule has 1 heterocycles. The topological polar surface area (TPSA) is 74.8 Å². The van der Waals surface area contributed by atoms with Crippen molar-refractivity contribution < 1.29 is 9.18 Å². The number of nitrogens with one attached hydrogen (secondary N) is 2. The number of aromatic nitrogens is 2. The van der Waals surface area contributed by atoms with E-state index in [9.17, 15) is 14.0 Å². The summed E-state index contributed by atoms with van der Waals surface area (Å²) in [7, 11) is 0. The van der Waals surface area contributed by atoms with Crippen molar-refractivity contribution in [2.45, 2.75) is 0 Å². The Balaban J connectivity index is 2.21. The Morgan fingerprint density at radius 2 is 2.11 bits per heavy atom. The van der Waals surface area contributed by atoms with E-state index in [-0.39, 0.29) is 16.4 Å². The van der Waals surface area contributed by atoms with Crippen molar-refractivity contribution >= 4 is 23.2 Å². The number of anilines is 1. The third kappa shape index (κ3) is 2.72. The molecule has 0 aliphatic rings. The molecule has 0 bridgehead atoms. The number of nitrogens with zero attached hydrogens (tertiary/aromatic N) is 1. The van der Waals surface area contributed by atoms with Crippen molar-refractivity contribution in [3.63, 3.8) is 0 Å². The van der Waals surface area contributed by atoms with E-state index >= 15 is 0 Å². The van der Waals surface area contributed by atoms with E-state index in [1.165, 1.54) is 24.3 Å². The molecule has 5 nitrogen and oxygen atoms in total. The number of amides is 1. The number of rotatable bonds is 2. The molecular formula is C11H7ClFN3O2. The summed E-state index contributed by atoms with van der Waals surface area (Å²) >= 11 is 5.75. The second-order valence-corrected chi connectivity index (χ2v) is 3.79. The summed E-state index contributed by atoms with van der Waals surface area (Å²) in [6.45, 7) is 0. The van der Waals surface area contributed by atoms with Gasteiger partial charge in [-0.1, -0.05) is 11.6 Å². The molecule has 0 aliphatic carbocycles. The van der Waals surface area contributed by atoms with Crippen molar-refractivity contribution in [1.29, 1.82) is 0 Å². The van der Waals surface area contributed by atoms with Crippen LogP contribution in [-0.2, 0) is 0 Å². The van der Waals surface area contributed by atoms with Gasteiger partial charge in [-0.25, -0.2) is 9.49 Å². The van der Waals surface area contributed by atoms with Gasteiger partial charge in [0, 0.05) is 6.07 Å². The zero-order valence-electron chi connectivity index (χ0n) is 8.91. The highest BCUT2D eigenvalue weighted by Crippen LogP contribution is 2.22. The highest BCUT2D eigenvalue weighted by atomic mass is 35.5. The van der Waals surface area contributed by atoms with Crippen LogP contribution in [0.2, 0.25) is 5.02 Å². The number of carbonyl (C=O) groups excluding carboxylic acids is 1. The fraction of sp³-hybridized carbons (Fsp3) is 0. The summed E-state index contributed by atoms with van der Waals surface area (Å²) in [4.78, 5) is 22.5. The maximum Gasteiger partial charge on any atom is 0.276 e. The minimum Gasteiger partial charge on any atom is -0.319 e. The number of hydrogen-bond acceptors (Lipinski definition) is 3. The van der Waals surface area contributed by atoms with Crippen molar-refractivity contribution in [2.24, 2.45) is 0 Å². The monoisotopic (exact) mass is 267 g/mol. The van der Waals surface area contributed by atoms with Gasteiger partial charge in [-0.15, -0.1) is 0 Å². The predicted molar refractivity (Wildman–Crippen MR) is 64.2 cm³/mol. The summed E-state index contributed by atoms with van der Waals surface area (Å²) in [6.07, 6.45) is 0. The normalized spacial score (nSPS) is 10.1. The van der Waals surface area contributed by atoms with Crippen LogP contribution in [0.25, 0.3) is 0 Å². The van der Waals surface area contributed by atoms with Gasteiger partial charge in [-0.3, -0.25) is 9.59 Å². The molecule has 0 unspecified atom stereocenters. The van der Waals surface area contributed by atoms with Crippen LogP contribution in [0.4, 0.5) is 10.1 Å². The third-order valence-electron chi connectivity index (χ3n) is 2.09. The first-order valence-electron chi connectivity index (χ1n) is 4.88. The molecule has 1 amide bonds. The number of benzene rings is 1. The zero-order valence-corrected chi connectivity index (χ0v) is 9.66. The standard InChI is InChI=1S/C11H7ClFN3O2/c12-7-5-6(13)1-2-8(7)14-11(18)9-3-4-10(17)16-15-9/h1-5H,(H,14,18)(H,16,17). The van der Waals surface area contributed by atoms with Crippen LogP contribution < -0.4 is 10.9 Å². The molecule has 0 saturated heterocycles. The number of carbonyl (C=O) groups is 1. The SMILES string of the molecule is O=C(Nc1ccc(F)cc1Cl)c1ccc(=O)[nH]n1. The lowest BCUT2D eigenvalue weighted by Crippen LogP contribution is -2.17. The molecule has 0 aliphatic heterocycles. The Morgan fingerprint density at radius 1 is 1.33 bits per heavy atom. The predicted octanol–water partition coefficient (Wildman–Crippen LogP) is 1.81. The van der Waals surface area contributed by atoms with Crippen LogP contribution in [0.15, 0.2) is 35.1 Å². The Kier molecular flexibility index (Phi) is 3.38. The van der Waals surface area contributed by atoms with Crippen LogP contribution in [-0.4, -0.2) is 16.1 Å². The summed E-state index contributed by atoms with van der Waals surface area (Å²) in [5.41, 5.74) is -0.127. The third-order valence-corrected chi connectivity index (χ3v) is 2.40. The van der Waals surface area contributed by atoms with Gasteiger partial charge in [0.1, 0.15) is 11.5 Å². The number of halogens is 2. The van der Waals surface area contributed by atoms with Crippen molar-refractivity contribution in [3.05, 3.63) is 57.2 Å². The van der Waals surface area contributed by atoms with Gasteiger partial charge >= 0.3 is 0 Å². The second kappa shape index (κ2) is 4.97. The van der Waals surface area contributed by atoms with Gasteiger partial charge in [0.15, 0.2) is 0 Å². The van der Waals surface area contributed by atoms with Crippen LogP contribution in [0.3, 0.4) is 0 Å². The largest absolute Gasteiger partial charge is 0.319 e. The van der Waals surface area contributed by atoms with E-state index in [0.717, 1.165) is 6.07 Å². The number of H-pyrrole nitrogens is 1. The van der Waals surface area contributed by atoms with Crippen molar-refractivity contribution in [1.82, 2.24) is 10.2 Å². The van der Waals surface area contributed by atoms with Gasteiger partial charge in [-0.2, -0.15) is 5.10 Å². The molecule has 1 aromatic heterocycles. The Bertz CT molecular complexity index is 636. The van der Waals surface area contributed by atoms with Crippen LogP contribution >= 0.6 is 11.6 Å². The summed E-state index contributed by atoms with van der Waals surface area (Å²) in [5, 5.41) is 8.21. The summed E-state index contributed by atoms with van der Waals surface area (Å²) < 4.78 is 12.8. The fourth-order valence-corrected chi connectivity index (χ4v) is 1.46. The van der Waals surface area contributed by atoms with Crippen molar-refractivity contribution in [2.75, 3.05) is 5.32 Å². The molecule has 18 heavy (non-hydrogen) atoms. The van der Waals surface area contributed by atoms with E-state index in [0.29, 0.717) is 0 Å². The number of aromatic amines is 1. The minimum absolute atomic E-state index is 0.0231. The molecule has 0 fully saturated rings. The lowest BCUT2D eigenvalue weighted by molar-refractivity contribution is 0.102. The van der Waals surface area contributed by atoms with Crippen LogP contribution in [0.1, 0.15) is 10.5 Å². The molecule has 1 aromatic carbocycles. The molecule has 92 valence electrons. The minimum atomic E-state index is -0.556. The van der Waals surface area contributed by atoms with Crippen LogP contribution in [0.5, 0.6) is 0 Å². The summed E-state index contributed by atoms with van der Waals surface area (Å²) in [5.74, 6) is -1.06. The highest BCUT2D eigenvalue weighted by molar-refractivity contribution is 6.33. The second-order valence-electron chi connectivity index (χ2n) is 3.38. The molecular weight excluding hydrogens is 261 g/mol. The fourth-order valence-electron chi connectivity index (χ4n) is 1.25. The average molecular weight is 268 g/mol. The lowest BCUT2D eigenvalue weighted by Gasteiger charge is -2.06. The molecule has 0 radical (unpaired) electrons. The summed E-state index contributed by atoms with van der Waals surface area (Å²) in [6, 6.07) is 6.03. The van der Waals surface area contributed by atoms with Gasteiger partial charge in [-0.05, 0) is 24.3 Å².